The van der Waals surface area contributed by atoms with E-state index in [9.17, 15) is 8.42 Å². The van der Waals surface area contributed by atoms with E-state index in [1.807, 2.05) is 73.1 Å². The van der Waals surface area contributed by atoms with Gasteiger partial charge in [0.1, 0.15) is 0 Å². The first kappa shape index (κ1) is 20.6. The lowest BCUT2D eigenvalue weighted by atomic mass is 10.1. The van der Waals surface area contributed by atoms with E-state index in [0.717, 1.165) is 27.3 Å². The van der Waals surface area contributed by atoms with Crippen LogP contribution in [0.1, 0.15) is 5.56 Å². The van der Waals surface area contributed by atoms with Gasteiger partial charge in [0.05, 0.1) is 15.5 Å². The lowest BCUT2D eigenvalue weighted by Gasteiger charge is -2.08. The number of nitrogens with zero attached hydrogens (tertiary/aromatic N) is 2. The van der Waals surface area contributed by atoms with Gasteiger partial charge in [0.2, 0.25) is 4.80 Å². The molecule has 0 bridgehead atoms. The molecule has 4 nitrogen and oxygen atoms in total. The lowest BCUT2D eigenvalue weighted by molar-refractivity contribution is 0.596. The number of benzene rings is 3. The predicted molar refractivity (Wildman–Crippen MR) is 123 cm³/mol. The number of hydrogen-bond acceptors (Lipinski definition) is 3. The Morgan fingerprint density at radius 2 is 1.50 bits per heavy atom. The first-order valence-electron chi connectivity index (χ1n) is 9.24. The maximum atomic E-state index is 12.9. The predicted octanol–water partition coefficient (Wildman–Crippen LogP) is 5.67. The molecule has 0 unspecified atom stereocenters. The number of hydrogen-bond donors (Lipinski definition) is 0. The van der Waals surface area contributed by atoms with Crippen molar-refractivity contribution in [3.8, 4) is 21.7 Å². The summed E-state index contributed by atoms with van der Waals surface area (Å²) in [6.07, 6.45) is 0. The average molecular weight is 455 g/mol. The van der Waals surface area contributed by atoms with Gasteiger partial charge in [-0.1, -0.05) is 83.1 Å². The van der Waals surface area contributed by atoms with Gasteiger partial charge in [-0.2, -0.15) is 8.42 Å². The summed E-state index contributed by atoms with van der Waals surface area (Å²) in [4.78, 5) is 1.48. The van der Waals surface area contributed by atoms with E-state index in [1.54, 1.807) is 12.1 Å². The van der Waals surface area contributed by atoms with Crippen LogP contribution in [0, 0.1) is 6.92 Å². The van der Waals surface area contributed by atoms with Gasteiger partial charge >= 0.3 is 0 Å². The smallest absolute Gasteiger partial charge is 0.285 e. The molecule has 0 aliphatic rings. The molecule has 0 spiro atoms. The molecule has 0 aliphatic heterocycles. The second kappa shape index (κ2) is 8.22. The Morgan fingerprint density at radius 1 is 0.867 bits per heavy atom. The monoisotopic (exact) mass is 454 g/mol. The van der Waals surface area contributed by atoms with Crippen LogP contribution in [0.4, 0.5) is 0 Å². The highest BCUT2D eigenvalue weighted by atomic mass is 35.5. The Hall–Kier alpha value is -2.67. The Labute approximate surface area is 184 Å². The quantitative estimate of drug-likeness (QED) is 0.398. The third-order valence-corrected chi connectivity index (χ3v) is 7.53. The van der Waals surface area contributed by atoms with Crippen molar-refractivity contribution in [2.24, 2.45) is 11.4 Å². The van der Waals surface area contributed by atoms with E-state index >= 15 is 0 Å². The second-order valence-corrected chi connectivity index (χ2v) is 9.89. The molecular formula is C23H19ClN2O2S2. The molecular weight excluding hydrogens is 436 g/mol. The van der Waals surface area contributed by atoms with E-state index in [1.165, 1.54) is 23.5 Å². The summed E-state index contributed by atoms with van der Waals surface area (Å²) in [5.41, 5.74) is 4.10. The fourth-order valence-corrected chi connectivity index (χ4v) is 5.62. The normalized spacial score (nSPS) is 12.3. The van der Waals surface area contributed by atoms with Gasteiger partial charge < -0.3 is 4.57 Å². The highest BCUT2D eigenvalue weighted by Crippen LogP contribution is 2.34. The summed E-state index contributed by atoms with van der Waals surface area (Å²) < 4.78 is 31.8. The minimum absolute atomic E-state index is 0.110. The second-order valence-electron chi connectivity index (χ2n) is 6.87. The maximum absolute atomic E-state index is 12.9. The van der Waals surface area contributed by atoms with Gasteiger partial charge in [0.15, 0.2) is 0 Å². The summed E-state index contributed by atoms with van der Waals surface area (Å²) >= 11 is 7.24. The van der Waals surface area contributed by atoms with Crippen molar-refractivity contribution < 1.29 is 8.42 Å². The van der Waals surface area contributed by atoms with Crippen molar-refractivity contribution in [1.82, 2.24) is 4.57 Å². The molecule has 152 valence electrons. The van der Waals surface area contributed by atoms with Crippen LogP contribution in [0.5, 0.6) is 0 Å². The van der Waals surface area contributed by atoms with E-state index in [4.69, 9.17) is 11.6 Å². The SMILES string of the molecule is Cc1ccc(-c2c(-c3ccccc3)sc(=NS(=O)(=O)c3ccc(Cl)cc3)n2C)cc1. The first-order valence-corrected chi connectivity index (χ1v) is 11.9. The third kappa shape index (κ3) is 4.12. The van der Waals surface area contributed by atoms with Gasteiger partial charge in [-0.3, -0.25) is 0 Å². The fourth-order valence-electron chi connectivity index (χ4n) is 3.12. The zero-order chi connectivity index (χ0) is 21.3. The molecule has 1 heterocycles. The lowest BCUT2D eigenvalue weighted by Crippen LogP contribution is -2.14. The summed E-state index contributed by atoms with van der Waals surface area (Å²) in [6.45, 7) is 2.04. The van der Waals surface area contributed by atoms with Crippen molar-refractivity contribution in [3.05, 3.63) is 94.3 Å². The van der Waals surface area contributed by atoms with Crippen molar-refractivity contribution in [1.29, 1.82) is 0 Å². The van der Waals surface area contributed by atoms with Crippen LogP contribution in [0.15, 0.2) is 88.2 Å². The van der Waals surface area contributed by atoms with Crippen molar-refractivity contribution in [2.75, 3.05) is 0 Å². The number of rotatable bonds is 4. The van der Waals surface area contributed by atoms with Gasteiger partial charge in [-0.25, -0.2) is 0 Å². The van der Waals surface area contributed by atoms with Crippen LogP contribution in [-0.2, 0) is 17.1 Å². The molecule has 0 saturated carbocycles. The van der Waals surface area contributed by atoms with E-state index in [2.05, 4.69) is 4.40 Å². The minimum atomic E-state index is -3.87. The van der Waals surface area contributed by atoms with Crippen molar-refractivity contribution in [3.63, 3.8) is 0 Å². The van der Waals surface area contributed by atoms with Crippen LogP contribution in [0.3, 0.4) is 0 Å². The number of sulfonamides is 1. The van der Waals surface area contributed by atoms with Crippen molar-refractivity contribution >= 4 is 33.0 Å². The molecule has 0 atom stereocenters. The van der Waals surface area contributed by atoms with E-state index in [-0.39, 0.29) is 4.90 Å². The highest BCUT2D eigenvalue weighted by molar-refractivity contribution is 7.90. The fraction of sp³-hybridized carbons (Fsp3) is 0.0870. The summed E-state index contributed by atoms with van der Waals surface area (Å²) in [5.74, 6) is 0. The third-order valence-electron chi connectivity index (χ3n) is 4.70. The Morgan fingerprint density at radius 3 is 2.13 bits per heavy atom. The molecule has 0 saturated heterocycles. The molecule has 30 heavy (non-hydrogen) atoms. The Bertz CT molecular complexity index is 1350. The topological polar surface area (TPSA) is 51.4 Å². The Kier molecular flexibility index (Phi) is 5.64. The zero-order valence-electron chi connectivity index (χ0n) is 16.4. The molecule has 7 heteroatoms. The number of thiazole rings is 1. The molecule has 4 rings (SSSR count). The molecule has 0 N–H and O–H groups in total. The number of aromatic nitrogens is 1. The van der Waals surface area contributed by atoms with Crippen LogP contribution >= 0.6 is 22.9 Å². The highest BCUT2D eigenvalue weighted by Gasteiger charge is 2.18. The number of halogens is 1. The molecule has 3 aromatic carbocycles. The van der Waals surface area contributed by atoms with Gasteiger partial charge in [-0.15, -0.1) is 4.40 Å². The Balaban J connectivity index is 1.95. The van der Waals surface area contributed by atoms with Gasteiger partial charge in [-0.05, 0) is 42.3 Å². The zero-order valence-corrected chi connectivity index (χ0v) is 18.8. The molecule has 0 radical (unpaired) electrons. The molecule has 1 aromatic heterocycles. The van der Waals surface area contributed by atoms with E-state index in [0.29, 0.717) is 9.82 Å². The van der Waals surface area contributed by atoms with Gasteiger partial charge in [0, 0.05) is 12.1 Å². The van der Waals surface area contributed by atoms with Crippen LogP contribution < -0.4 is 4.80 Å². The van der Waals surface area contributed by atoms with Crippen LogP contribution in [-0.4, -0.2) is 13.0 Å². The standard InChI is InChI=1S/C23H19ClN2O2S2/c1-16-8-10-17(11-9-16)21-22(18-6-4-3-5-7-18)29-23(26(21)2)25-30(27,28)20-14-12-19(24)13-15-20/h3-15H,1-2H3. The largest absolute Gasteiger partial charge is 0.318 e. The first-order chi connectivity index (χ1) is 14.3. The maximum Gasteiger partial charge on any atom is 0.285 e. The summed E-state index contributed by atoms with van der Waals surface area (Å²) in [6, 6.07) is 24.1. The number of aryl methyl sites for hydroxylation is 1. The summed E-state index contributed by atoms with van der Waals surface area (Å²) in [7, 11) is -2.03. The van der Waals surface area contributed by atoms with Crippen LogP contribution in [0.2, 0.25) is 5.02 Å². The average Bonchev–Trinajstić information content (AvgIpc) is 3.05. The molecule has 0 fully saturated rings. The van der Waals surface area contributed by atoms with Crippen LogP contribution in [0.25, 0.3) is 21.7 Å². The van der Waals surface area contributed by atoms with Gasteiger partial charge in [0.25, 0.3) is 10.0 Å². The molecule has 0 aliphatic carbocycles. The van der Waals surface area contributed by atoms with E-state index < -0.39 is 10.0 Å². The molecule has 0 amide bonds. The molecule has 4 aromatic rings. The minimum Gasteiger partial charge on any atom is -0.318 e. The van der Waals surface area contributed by atoms with Crippen molar-refractivity contribution in [2.45, 2.75) is 11.8 Å². The summed E-state index contributed by atoms with van der Waals surface area (Å²) in [5, 5.41) is 0.476.